The summed E-state index contributed by atoms with van der Waals surface area (Å²) in [5.41, 5.74) is 0.595. The first-order valence-corrected chi connectivity index (χ1v) is 12.7. The highest BCUT2D eigenvalue weighted by molar-refractivity contribution is 5.96. The van der Waals surface area contributed by atoms with Gasteiger partial charge in [-0.25, -0.2) is 0 Å². The molecule has 3 aliphatic rings. The molecule has 196 valence electrons. The molecule has 5 rings (SSSR count). The minimum Gasteiger partial charge on any atom is -0.454 e. The van der Waals surface area contributed by atoms with Crippen LogP contribution >= 0.6 is 0 Å². The van der Waals surface area contributed by atoms with E-state index in [0.29, 0.717) is 50.6 Å². The molecule has 3 aliphatic heterocycles. The molecule has 2 fully saturated rings. The van der Waals surface area contributed by atoms with Crippen molar-refractivity contribution in [2.45, 2.75) is 45.7 Å². The number of hydrogen-bond donors (Lipinski definition) is 1. The fraction of sp³-hybridized carbons (Fsp3) is 0.464. The first-order valence-electron chi connectivity index (χ1n) is 12.7. The van der Waals surface area contributed by atoms with Crippen LogP contribution in [0.2, 0.25) is 0 Å². The predicted molar refractivity (Wildman–Crippen MR) is 138 cm³/mol. The maximum absolute atomic E-state index is 13.8. The Kier molecular flexibility index (Phi) is 6.47. The molecule has 0 aliphatic carbocycles. The Bertz CT molecular complexity index is 1180. The molecule has 9 heteroatoms. The lowest BCUT2D eigenvalue weighted by Gasteiger charge is -2.44. The minimum atomic E-state index is -0.770. The number of amides is 3. The first-order chi connectivity index (χ1) is 17.7. The van der Waals surface area contributed by atoms with Crippen molar-refractivity contribution in [1.29, 1.82) is 0 Å². The van der Waals surface area contributed by atoms with E-state index in [1.165, 1.54) is 0 Å². The molecule has 2 saturated heterocycles. The van der Waals surface area contributed by atoms with E-state index >= 15 is 0 Å². The van der Waals surface area contributed by atoms with Crippen LogP contribution in [0.15, 0.2) is 48.5 Å². The fourth-order valence-electron chi connectivity index (χ4n) is 5.36. The number of ether oxygens (including phenoxy) is 2. The SMILES string of the molecule is CC(C)(C)C(=O)N1CCC2(CC1)C(=O)N(CC(=O)NCc1ccc3c(c1)OCO3)CN2c1ccccc1. The summed E-state index contributed by atoms with van der Waals surface area (Å²) in [6.45, 7) is 7.60. The van der Waals surface area contributed by atoms with Crippen molar-refractivity contribution in [1.82, 2.24) is 15.1 Å². The number of rotatable bonds is 5. The highest BCUT2D eigenvalue weighted by Crippen LogP contribution is 2.40. The molecule has 0 saturated carbocycles. The molecule has 0 atom stereocenters. The normalized spacial score (nSPS) is 18.5. The second kappa shape index (κ2) is 9.61. The summed E-state index contributed by atoms with van der Waals surface area (Å²) in [4.78, 5) is 45.2. The number of hydrogen-bond acceptors (Lipinski definition) is 6. The fourth-order valence-corrected chi connectivity index (χ4v) is 5.36. The molecule has 3 amide bonds. The van der Waals surface area contributed by atoms with E-state index in [2.05, 4.69) is 10.2 Å². The summed E-state index contributed by atoms with van der Waals surface area (Å²) in [5, 5.41) is 2.92. The van der Waals surface area contributed by atoms with Gasteiger partial charge in [0.05, 0.1) is 6.67 Å². The molecule has 2 aromatic carbocycles. The van der Waals surface area contributed by atoms with Gasteiger partial charge >= 0.3 is 0 Å². The Labute approximate surface area is 217 Å². The molecule has 1 N–H and O–H groups in total. The molecule has 0 bridgehead atoms. The third-order valence-corrected chi connectivity index (χ3v) is 7.36. The van der Waals surface area contributed by atoms with E-state index < -0.39 is 11.0 Å². The highest BCUT2D eigenvalue weighted by Gasteiger charge is 2.54. The van der Waals surface area contributed by atoms with Gasteiger partial charge in [0.1, 0.15) is 12.1 Å². The van der Waals surface area contributed by atoms with Gasteiger partial charge in [-0.3, -0.25) is 14.4 Å². The van der Waals surface area contributed by atoms with Gasteiger partial charge in [-0.2, -0.15) is 0 Å². The second-order valence-corrected chi connectivity index (χ2v) is 10.9. The van der Waals surface area contributed by atoms with Crippen LogP contribution in [0.5, 0.6) is 11.5 Å². The average molecular weight is 507 g/mol. The lowest BCUT2D eigenvalue weighted by Crippen LogP contribution is -2.58. The number of carbonyl (C=O) groups excluding carboxylic acids is 3. The zero-order valence-corrected chi connectivity index (χ0v) is 21.7. The largest absolute Gasteiger partial charge is 0.454 e. The van der Waals surface area contributed by atoms with Crippen LogP contribution in [-0.2, 0) is 20.9 Å². The molecule has 2 aromatic rings. The van der Waals surface area contributed by atoms with E-state index in [0.717, 1.165) is 11.3 Å². The quantitative estimate of drug-likeness (QED) is 0.671. The van der Waals surface area contributed by atoms with Gasteiger partial charge in [0.25, 0.3) is 5.91 Å². The third-order valence-electron chi connectivity index (χ3n) is 7.36. The Morgan fingerprint density at radius 2 is 1.70 bits per heavy atom. The van der Waals surface area contributed by atoms with Crippen molar-refractivity contribution in [3.05, 3.63) is 54.1 Å². The highest BCUT2D eigenvalue weighted by atomic mass is 16.7. The van der Waals surface area contributed by atoms with Crippen LogP contribution in [0.25, 0.3) is 0 Å². The van der Waals surface area contributed by atoms with Gasteiger partial charge in [0.2, 0.25) is 18.6 Å². The Balaban J connectivity index is 1.28. The molecule has 37 heavy (non-hydrogen) atoms. The maximum Gasteiger partial charge on any atom is 0.250 e. The van der Waals surface area contributed by atoms with Crippen molar-refractivity contribution >= 4 is 23.4 Å². The summed E-state index contributed by atoms with van der Waals surface area (Å²) in [5.74, 6) is 1.17. The number of para-hydroxylation sites is 1. The van der Waals surface area contributed by atoms with Gasteiger partial charge in [0, 0.05) is 30.7 Å². The summed E-state index contributed by atoms with van der Waals surface area (Å²) < 4.78 is 10.7. The van der Waals surface area contributed by atoms with Crippen molar-refractivity contribution in [3.8, 4) is 11.5 Å². The summed E-state index contributed by atoms with van der Waals surface area (Å²) in [6.07, 6.45) is 1.05. The van der Waals surface area contributed by atoms with Crippen molar-refractivity contribution in [3.63, 3.8) is 0 Å². The van der Waals surface area contributed by atoms with E-state index in [-0.39, 0.29) is 31.1 Å². The van der Waals surface area contributed by atoms with Gasteiger partial charge in [-0.05, 0) is 42.7 Å². The van der Waals surface area contributed by atoms with Crippen LogP contribution in [0.3, 0.4) is 0 Å². The van der Waals surface area contributed by atoms with Crippen molar-refractivity contribution in [2.75, 3.05) is 38.0 Å². The van der Waals surface area contributed by atoms with Gasteiger partial charge in [0.15, 0.2) is 11.5 Å². The standard InChI is InChI=1S/C28H34N4O5/c1-27(2,3)25(34)30-13-11-28(12-14-30)26(35)31(18-32(28)21-7-5-4-6-8-21)17-24(33)29-16-20-9-10-22-23(15-20)37-19-36-22/h4-10,15H,11-14,16-19H2,1-3H3,(H,29,33). The van der Waals surface area contributed by atoms with Crippen LogP contribution in [0, 0.1) is 5.41 Å². The zero-order valence-electron chi connectivity index (χ0n) is 21.7. The van der Waals surface area contributed by atoms with Crippen LogP contribution in [-0.4, -0.2) is 66.2 Å². The van der Waals surface area contributed by atoms with E-state index in [9.17, 15) is 14.4 Å². The summed E-state index contributed by atoms with van der Waals surface area (Å²) >= 11 is 0. The Morgan fingerprint density at radius 3 is 2.41 bits per heavy atom. The van der Waals surface area contributed by atoms with Crippen molar-refractivity contribution < 1.29 is 23.9 Å². The van der Waals surface area contributed by atoms with Crippen LogP contribution in [0.1, 0.15) is 39.2 Å². The number of nitrogens with zero attached hydrogens (tertiary/aromatic N) is 3. The molecular weight excluding hydrogens is 472 g/mol. The predicted octanol–water partition coefficient (Wildman–Crippen LogP) is 2.75. The third kappa shape index (κ3) is 4.82. The first kappa shape index (κ1) is 24.9. The van der Waals surface area contributed by atoms with Crippen LogP contribution < -0.4 is 19.7 Å². The number of nitrogens with one attached hydrogen (secondary N) is 1. The molecule has 0 unspecified atom stereocenters. The topological polar surface area (TPSA) is 91.4 Å². The Hall–Kier alpha value is -3.75. The number of likely N-dealkylation sites (tertiary alicyclic amines) is 1. The second-order valence-electron chi connectivity index (χ2n) is 10.9. The smallest absolute Gasteiger partial charge is 0.250 e. The molecule has 1 spiro atoms. The number of fused-ring (bicyclic) bond motifs is 1. The molecular formula is C28H34N4O5. The monoisotopic (exact) mass is 506 g/mol. The average Bonchev–Trinajstić information content (AvgIpc) is 3.46. The molecule has 3 heterocycles. The van der Waals surface area contributed by atoms with Gasteiger partial charge in [-0.1, -0.05) is 45.0 Å². The maximum atomic E-state index is 13.8. The minimum absolute atomic E-state index is 0.0287. The molecule has 0 radical (unpaired) electrons. The van der Waals surface area contributed by atoms with E-state index in [1.54, 1.807) is 4.90 Å². The van der Waals surface area contributed by atoms with Gasteiger partial charge < -0.3 is 29.5 Å². The Morgan fingerprint density at radius 1 is 1.00 bits per heavy atom. The van der Waals surface area contributed by atoms with Crippen molar-refractivity contribution in [2.24, 2.45) is 5.41 Å². The molecule has 0 aromatic heterocycles. The summed E-state index contributed by atoms with van der Waals surface area (Å²) in [6, 6.07) is 15.4. The number of benzene rings is 2. The summed E-state index contributed by atoms with van der Waals surface area (Å²) in [7, 11) is 0. The lowest BCUT2D eigenvalue weighted by atomic mass is 9.84. The van der Waals surface area contributed by atoms with Crippen LogP contribution in [0.4, 0.5) is 5.69 Å². The van der Waals surface area contributed by atoms with Gasteiger partial charge in [-0.15, -0.1) is 0 Å². The van der Waals surface area contributed by atoms with E-state index in [4.69, 9.17) is 9.47 Å². The number of piperidine rings is 1. The molecule has 9 nitrogen and oxygen atoms in total. The number of anilines is 1. The van der Waals surface area contributed by atoms with E-state index in [1.807, 2.05) is 74.2 Å². The zero-order chi connectivity index (χ0) is 26.2. The number of carbonyl (C=O) groups is 3. The lowest BCUT2D eigenvalue weighted by molar-refractivity contribution is -0.144.